The van der Waals surface area contributed by atoms with Crippen molar-refractivity contribution in [1.82, 2.24) is 4.90 Å². The molecule has 0 aromatic heterocycles. The molecule has 2 fully saturated rings. The minimum atomic E-state index is -1.26. The van der Waals surface area contributed by atoms with Crippen LogP contribution in [-0.2, 0) is 9.59 Å². The van der Waals surface area contributed by atoms with E-state index in [4.69, 9.17) is 38.2 Å². The lowest BCUT2D eigenvalue weighted by molar-refractivity contribution is -0.134. The summed E-state index contributed by atoms with van der Waals surface area (Å²) < 4.78 is 19.9. The third kappa shape index (κ3) is 6.50. The molecule has 2 aromatic rings. The van der Waals surface area contributed by atoms with Gasteiger partial charge in [0, 0.05) is 30.2 Å². The van der Waals surface area contributed by atoms with E-state index < -0.39 is 11.9 Å². The number of ether oxygens (including phenoxy) is 1. The van der Waals surface area contributed by atoms with Gasteiger partial charge < -0.3 is 19.8 Å². The van der Waals surface area contributed by atoms with Gasteiger partial charge in [0.15, 0.2) is 0 Å². The highest BCUT2D eigenvalue weighted by Gasteiger charge is 2.46. The summed E-state index contributed by atoms with van der Waals surface area (Å²) in [6, 6.07) is 13.5. The Bertz CT molecular complexity index is 1050. The number of carbonyl (C=O) groups is 2. The van der Waals surface area contributed by atoms with Gasteiger partial charge in [-0.15, -0.1) is 0 Å². The molecule has 2 aliphatic rings. The Kier molecular flexibility index (Phi) is 8.94. The second kappa shape index (κ2) is 11.7. The average molecular weight is 510 g/mol. The molecular formula is C25H26Cl2FNO5. The van der Waals surface area contributed by atoms with E-state index in [0.717, 1.165) is 18.4 Å². The van der Waals surface area contributed by atoms with Crippen molar-refractivity contribution in [3.63, 3.8) is 0 Å². The standard InChI is InChI=1S/C21H22Cl2FNO.C4H4O4/c1-25-15-8-9-19(25)17(12-26-20-7-3-6-18(22)21(20)23)16(11-15)13-4-2-5-14(24)10-13;5-3(6)1-2-4(7)8/h2-7,10,15-17,19H,8-9,11-12H2,1H3;1-2H,(H,5,6)(H,7,8)/b;2-1+/t15?,16-,17-,19?;/m1./s1. The fourth-order valence-electron chi connectivity index (χ4n) is 4.85. The summed E-state index contributed by atoms with van der Waals surface area (Å²) in [4.78, 5) is 21.6. The van der Waals surface area contributed by atoms with Gasteiger partial charge >= 0.3 is 11.9 Å². The number of halogens is 3. The number of fused-ring (bicyclic) bond motifs is 2. The zero-order valence-electron chi connectivity index (χ0n) is 18.5. The van der Waals surface area contributed by atoms with Crippen molar-refractivity contribution in [2.45, 2.75) is 37.3 Å². The van der Waals surface area contributed by atoms with Gasteiger partial charge in [-0.2, -0.15) is 0 Å². The Morgan fingerprint density at radius 2 is 1.79 bits per heavy atom. The van der Waals surface area contributed by atoms with Gasteiger partial charge in [0.1, 0.15) is 16.6 Å². The van der Waals surface area contributed by atoms with Crippen molar-refractivity contribution in [2.24, 2.45) is 5.92 Å². The fourth-order valence-corrected chi connectivity index (χ4v) is 5.20. The molecule has 0 amide bonds. The molecule has 9 heteroatoms. The fraction of sp³-hybridized carbons (Fsp3) is 0.360. The van der Waals surface area contributed by atoms with Crippen LogP contribution in [0.1, 0.15) is 30.7 Å². The number of carboxylic acid groups (broad SMARTS) is 2. The smallest absolute Gasteiger partial charge is 0.328 e. The molecule has 2 N–H and O–H groups in total. The number of benzene rings is 2. The molecule has 0 aliphatic carbocycles. The SMILES string of the molecule is CN1C2CCC1[C@H](COc1cccc(Cl)c1Cl)[C@@H](c1cccc(F)c1)C2.O=C(O)/C=C/C(=O)O. The quantitative estimate of drug-likeness (QED) is 0.500. The lowest BCUT2D eigenvalue weighted by atomic mass is 9.76. The minimum absolute atomic E-state index is 0.175. The summed E-state index contributed by atoms with van der Waals surface area (Å²) in [6.07, 6.45) is 4.50. The summed E-state index contributed by atoms with van der Waals surface area (Å²) in [7, 11) is 2.20. The van der Waals surface area contributed by atoms with Gasteiger partial charge in [-0.25, -0.2) is 14.0 Å². The van der Waals surface area contributed by atoms with Crippen LogP contribution in [0.3, 0.4) is 0 Å². The van der Waals surface area contributed by atoms with Crippen LogP contribution in [-0.4, -0.2) is 52.8 Å². The van der Waals surface area contributed by atoms with Crippen molar-refractivity contribution >= 4 is 35.1 Å². The number of hydrogen-bond donors (Lipinski definition) is 2. The highest BCUT2D eigenvalue weighted by Crippen LogP contribution is 2.46. The van der Waals surface area contributed by atoms with Crippen LogP contribution in [0.5, 0.6) is 5.75 Å². The molecule has 182 valence electrons. The highest BCUT2D eigenvalue weighted by molar-refractivity contribution is 6.42. The first-order valence-electron chi connectivity index (χ1n) is 10.9. The molecule has 2 bridgehead atoms. The molecule has 2 unspecified atom stereocenters. The first kappa shape index (κ1) is 26.0. The number of piperidine rings is 1. The van der Waals surface area contributed by atoms with Gasteiger partial charge in [-0.05, 0) is 62.1 Å². The Morgan fingerprint density at radius 1 is 1.12 bits per heavy atom. The Hall–Kier alpha value is -2.61. The molecule has 2 saturated heterocycles. The monoisotopic (exact) mass is 509 g/mol. The Balaban J connectivity index is 0.000000350. The van der Waals surface area contributed by atoms with Crippen LogP contribution in [0.25, 0.3) is 0 Å². The molecule has 34 heavy (non-hydrogen) atoms. The number of aliphatic carboxylic acids is 2. The van der Waals surface area contributed by atoms with Gasteiger partial charge in [-0.1, -0.05) is 41.4 Å². The number of nitrogens with zero attached hydrogens (tertiary/aromatic N) is 1. The van der Waals surface area contributed by atoms with Crippen molar-refractivity contribution < 1.29 is 28.9 Å². The largest absolute Gasteiger partial charge is 0.492 e. The molecule has 0 spiro atoms. The van der Waals surface area contributed by atoms with Gasteiger partial charge in [0.2, 0.25) is 0 Å². The summed E-state index contributed by atoms with van der Waals surface area (Å²) in [5.74, 6) is -1.50. The van der Waals surface area contributed by atoms with E-state index in [2.05, 4.69) is 11.9 Å². The van der Waals surface area contributed by atoms with E-state index in [9.17, 15) is 14.0 Å². The maximum atomic E-state index is 13.8. The molecular weight excluding hydrogens is 484 g/mol. The third-order valence-corrected chi connectivity index (χ3v) is 7.23. The molecule has 4 atom stereocenters. The average Bonchev–Trinajstić information content (AvgIpc) is 3.03. The summed E-state index contributed by atoms with van der Waals surface area (Å²) in [5, 5.41) is 16.6. The van der Waals surface area contributed by atoms with E-state index in [-0.39, 0.29) is 17.7 Å². The summed E-state index contributed by atoms with van der Waals surface area (Å²) >= 11 is 12.4. The lowest BCUT2D eigenvalue weighted by Crippen LogP contribution is -2.47. The highest BCUT2D eigenvalue weighted by atomic mass is 35.5. The summed E-state index contributed by atoms with van der Waals surface area (Å²) in [6.45, 7) is 0.545. The summed E-state index contributed by atoms with van der Waals surface area (Å²) in [5.41, 5.74) is 1.07. The van der Waals surface area contributed by atoms with Crippen molar-refractivity contribution in [3.8, 4) is 5.75 Å². The van der Waals surface area contributed by atoms with Gasteiger partial charge in [-0.3, -0.25) is 0 Å². The van der Waals surface area contributed by atoms with E-state index in [1.165, 1.54) is 12.5 Å². The second-order valence-electron chi connectivity index (χ2n) is 8.40. The molecule has 2 heterocycles. The first-order valence-corrected chi connectivity index (χ1v) is 11.6. The van der Waals surface area contributed by atoms with E-state index in [1.807, 2.05) is 18.2 Å². The second-order valence-corrected chi connectivity index (χ2v) is 9.18. The maximum Gasteiger partial charge on any atom is 0.328 e. The zero-order valence-corrected chi connectivity index (χ0v) is 20.0. The third-order valence-electron chi connectivity index (χ3n) is 6.42. The van der Waals surface area contributed by atoms with Gasteiger partial charge in [0.05, 0.1) is 11.6 Å². The van der Waals surface area contributed by atoms with Crippen molar-refractivity contribution in [2.75, 3.05) is 13.7 Å². The van der Waals surface area contributed by atoms with Crippen LogP contribution in [0.2, 0.25) is 10.0 Å². The van der Waals surface area contributed by atoms with Crippen LogP contribution >= 0.6 is 23.2 Å². The number of carboxylic acids is 2. The molecule has 0 radical (unpaired) electrons. The predicted molar refractivity (Wildman–Crippen MR) is 128 cm³/mol. The topological polar surface area (TPSA) is 87.1 Å². The molecule has 2 aliphatic heterocycles. The molecule has 2 aromatic carbocycles. The van der Waals surface area contributed by atoms with Crippen molar-refractivity contribution in [1.29, 1.82) is 0 Å². The van der Waals surface area contributed by atoms with Crippen molar-refractivity contribution in [3.05, 3.63) is 76.0 Å². The van der Waals surface area contributed by atoms with E-state index in [0.29, 0.717) is 46.6 Å². The first-order chi connectivity index (χ1) is 16.2. The van der Waals surface area contributed by atoms with E-state index in [1.54, 1.807) is 18.2 Å². The number of rotatable bonds is 6. The number of hydrogen-bond acceptors (Lipinski definition) is 4. The van der Waals surface area contributed by atoms with Crippen LogP contribution in [0, 0.1) is 11.7 Å². The Morgan fingerprint density at radius 3 is 2.44 bits per heavy atom. The van der Waals surface area contributed by atoms with Crippen LogP contribution in [0.15, 0.2) is 54.6 Å². The normalized spacial score (nSPS) is 23.9. The van der Waals surface area contributed by atoms with Gasteiger partial charge in [0.25, 0.3) is 0 Å². The predicted octanol–water partition coefficient (Wildman–Crippen LogP) is 5.49. The molecule has 0 saturated carbocycles. The maximum absolute atomic E-state index is 13.8. The van der Waals surface area contributed by atoms with E-state index >= 15 is 0 Å². The van der Waals surface area contributed by atoms with Crippen LogP contribution in [0.4, 0.5) is 4.39 Å². The molecule has 6 nitrogen and oxygen atoms in total. The Labute approximate surface area is 207 Å². The lowest BCUT2D eigenvalue weighted by Gasteiger charge is -2.43. The zero-order chi connectivity index (χ0) is 24.8. The van der Waals surface area contributed by atoms with Crippen LogP contribution < -0.4 is 4.74 Å². The molecule has 4 rings (SSSR count). The minimum Gasteiger partial charge on any atom is -0.492 e.